The molecule has 0 aliphatic rings. The van der Waals surface area contributed by atoms with Gasteiger partial charge in [-0.05, 0) is 36.2 Å². The van der Waals surface area contributed by atoms with Crippen molar-refractivity contribution in [2.24, 2.45) is 11.1 Å². The molecule has 0 aliphatic carbocycles. The van der Waals surface area contributed by atoms with Gasteiger partial charge in [-0.25, -0.2) is 12.7 Å². The molecular formula is C14H23N3O3S. The molecule has 0 atom stereocenters. The Morgan fingerprint density at radius 1 is 1.29 bits per heavy atom. The van der Waals surface area contributed by atoms with Crippen molar-refractivity contribution in [3.63, 3.8) is 0 Å². The highest BCUT2D eigenvalue weighted by Gasteiger charge is 2.27. The van der Waals surface area contributed by atoms with E-state index >= 15 is 0 Å². The van der Waals surface area contributed by atoms with Crippen LogP contribution in [0.2, 0.25) is 0 Å². The number of amides is 1. The molecule has 1 rings (SSSR count). The van der Waals surface area contributed by atoms with E-state index in [-0.39, 0.29) is 16.2 Å². The molecule has 0 aromatic heterocycles. The fraction of sp³-hybridized carbons (Fsp3) is 0.500. The Morgan fingerprint density at radius 2 is 1.81 bits per heavy atom. The van der Waals surface area contributed by atoms with Crippen LogP contribution in [0.3, 0.4) is 0 Å². The molecule has 6 nitrogen and oxygen atoms in total. The van der Waals surface area contributed by atoms with Gasteiger partial charge in [0.15, 0.2) is 0 Å². The molecule has 0 bridgehead atoms. The van der Waals surface area contributed by atoms with Crippen molar-refractivity contribution < 1.29 is 13.2 Å². The Morgan fingerprint density at radius 3 is 2.24 bits per heavy atom. The molecular weight excluding hydrogens is 290 g/mol. The number of hydrogen-bond donors (Lipinski definition) is 2. The van der Waals surface area contributed by atoms with Gasteiger partial charge in [0.25, 0.3) is 5.91 Å². The monoisotopic (exact) mass is 313 g/mol. The molecule has 0 saturated heterocycles. The van der Waals surface area contributed by atoms with Crippen molar-refractivity contribution >= 4 is 15.9 Å². The minimum atomic E-state index is -3.59. The first kappa shape index (κ1) is 17.6. The second-order valence-electron chi connectivity index (χ2n) is 5.73. The summed E-state index contributed by atoms with van der Waals surface area (Å²) in [6.45, 7) is 4.53. The summed E-state index contributed by atoms with van der Waals surface area (Å²) in [7, 11) is -0.535. The Hall–Kier alpha value is -1.44. The van der Waals surface area contributed by atoms with E-state index < -0.39 is 10.0 Å². The van der Waals surface area contributed by atoms with Gasteiger partial charge in [-0.3, -0.25) is 4.79 Å². The van der Waals surface area contributed by atoms with Crippen LogP contribution in [0.1, 0.15) is 24.2 Å². The van der Waals surface area contributed by atoms with Crippen LogP contribution in [0, 0.1) is 5.41 Å². The first-order chi connectivity index (χ1) is 9.64. The minimum absolute atomic E-state index is 0.158. The molecule has 0 unspecified atom stereocenters. The van der Waals surface area contributed by atoms with Crippen molar-refractivity contribution in [2.75, 3.05) is 27.2 Å². The molecule has 1 aromatic carbocycles. The van der Waals surface area contributed by atoms with Gasteiger partial charge in [0.1, 0.15) is 0 Å². The number of rotatable bonds is 6. The second kappa shape index (κ2) is 6.55. The lowest BCUT2D eigenvalue weighted by molar-refractivity contribution is 0.0963. The number of nitrogens with two attached hydrogens (primary N) is 1. The summed E-state index contributed by atoms with van der Waals surface area (Å²) in [6, 6.07) is 5.86. The zero-order valence-electron chi connectivity index (χ0n) is 12.9. The molecule has 0 saturated carbocycles. The lowest BCUT2D eigenvalue weighted by atomic mass is 9.94. The fourth-order valence-corrected chi connectivity index (χ4v) is 3.21. The number of benzene rings is 1. The molecule has 1 aromatic rings. The van der Waals surface area contributed by atoms with Crippen LogP contribution < -0.4 is 11.1 Å². The molecule has 7 heteroatoms. The van der Waals surface area contributed by atoms with E-state index in [1.165, 1.54) is 42.7 Å². The predicted octanol–water partition coefficient (Wildman–Crippen LogP) is 0.652. The maximum Gasteiger partial charge on any atom is 0.251 e. The normalized spacial score (nSPS) is 12.5. The molecule has 0 heterocycles. The standard InChI is InChI=1S/C14H23N3O3S/c1-14(2,9-15)10-17(4)21(19,20)12-7-5-11(6-8-12)13(18)16-3/h5-8H,9-10,15H2,1-4H3,(H,16,18). The lowest BCUT2D eigenvalue weighted by Gasteiger charge is -2.28. The van der Waals surface area contributed by atoms with E-state index in [0.29, 0.717) is 18.7 Å². The Balaban J connectivity index is 3.00. The van der Waals surface area contributed by atoms with Gasteiger partial charge in [0, 0.05) is 26.2 Å². The summed E-state index contributed by atoms with van der Waals surface area (Å²) < 4.78 is 26.2. The third-order valence-corrected chi connectivity index (χ3v) is 5.07. The van der Waals surface area contributed by atoms with Gasteiger partial charge in [-0.2, -0.15) is 0 Å². The van der Waals surface area contributed by atoms with E-state index in [1.54, 1.807) is 0 Å². The van der Waals surface area contributed by atoms with Gasteiger partial charge in [0.2, 0.25) is 10.0 Å². The van der Waals surface area contributed by atoms with Crippen LogP contribution in [-0.2, 0) is 10.0 Å². The summed E-state index contributed by atoms with van der Waals surface area (Å²) in [6.07, 6.45) is 0. The quantitative estimate of drug-likeness (QED) is 0.806. The van der Waals surface area contributed by atoms with Gasteiger partial charge < -0.3 is 11.1 Å². The summed E-state index contributed by atoms with van der Waals surface area (Å²) in [5, 5.41) is 2.49. The summed E-state index contributed by atoms with van der Waals surface area (Å²) in [5.74, 6) is -0.253. The first-order valence-corrected chi connectivity index (χ1v) is 8.06. The minimum Gasteiger partial charge on any atom is -0.355 e. The summed E-state index contributed by atoms with van der Waals surface area (Å²) >= 11 is 0. The van der Waals surface area contributed by atoms with Crippen molar-refractivity contribution in [3.05, 3.63) is 29.8 Å². The van der Waals surface area contributed by atoms with Crippen LogP contribution in [0.4, 0.5) is 0 Å². The molecule has 0 aliphatic heterocycles. The largest absolute Gasteiger partial charge is 0.355 e. The highest BCUT2D eigenvalue weighted by molar-refractivity contribution is 7.89. The van der Waals surface area contributed by atoms with Crippen molar-refractivity contribution in [1.82, 2.24) is 9.62 Å². The molecule has 21 heavy (non-hydrogen) atoms. The zero-order valence-corrected chi connectivity index (χ0v) is 13.7. The molecule has 1 amide bonds. The van der Waals surface area contributed by atoms with E-state index in [9.17, 15) is 13.2 Å². The van der Waals surface area contributed by atoms with Crippen LogP contribution >= 0.6 is 0 Å². The number of nitrogens with one attached hydrogen (secondary N) is 1. The third-order valence-electron chi connectivity index (χ3n) is 3.26. The average molecular weight is 313 g/mol. The highest BCUT2D eigenvalue weighted by atomic mass is 32.2. The van der Waals surface area contributed by atoms with Crippen LogP contribution in [0.25, 0.3) is 0 Å². The van der Waals surface area contributed by atoms with Crippen LogP contribution in [-0.4, -0.2) is 45.8 Å². The van der Waals surface area contributed by atoms with Gasteiger partial charge >= 0.3 is 0 Å². The zero-order chi connectivity index (χ0) is 16.3. The van der Waals surface area contributed by atoms with Crippen LogP contribution in [0.5, 0.6) is 0 Å². The average Bonchev–Trinajstić information content (AvgIpc) is 2.46. The van der Waals surface area contributed by atoms with Gasteiger partial charge in [-0.1, -0.05) is 13.8 Å². The Bertz CT molecular complexity index is 594. The number of hydrogen-bond acceptors (Lipinski definition) is 4. The molecule has 118 valence electrons. The van der Waals surface area contributed by atoms with Crippen LogP contribution in [0.15, 0.2) is 29.2 Å². The van der Waals surface area contributed by atoms with Gasteiger partial charge in [-0.15, -0.1) is 0 Å². The molecule has 0 radical (unpaired) electrons. The molecule has 0 spiro atoms. The van der Waals surface area contributed by atoms with Crippen molar-refractivity contribution in [2.45, 2.75) is 18.7 Å². The smallest absolute Gasteiger partial charge is 0.251 e. The number of sulfonamides is 1. The molecule has 3 N–H and O–H groups in total. The predicted molar refractivity (Wildman–Crippen MR) is 82.5 cm³/mol. The first-order valence-electron chi connectivity index (χ1n) is 6.62. The number of carbonyl (C=O) groups excluding carboxylic acids is 1. The topological polar surface area (TPSA) is 92.5 Å². The Kier molecular flexibility index (Phi) is 5.49. The molecule has 0 fully saturated rings. The number of carbonyl (C=O) groups is 1. The summed E-state index contributed by atoms with van der Waals surface area (Å²) in [4.78, 5) is 11.6. The lowest BCUT2D eigenvalue weighted by Crippen LogP contribution is -2.39. The number of nitrogens with zero attached hydrogens (tertiary/aromatic N) is 1. The fourth-order valence-electron chi connectivity index (χ4n) is 1.85. The maximum absolute atomic E-state index is 12.5. The van der Waals surface area contributed by atoms with E-state index in [2.05, 4.69) is 5.32 Å². The highest BCUT2D eigenvalue weighted by Crippen LogP contribution is 2.20. The SMILES string of the molecule is CNC(=O)c1ccc(S(=O)(=O)N(C)CC(C)(C)CN)cc1. The van der Waals surface area contributed by atoms with Crippen molar-refractivity contribution in [3.8, 4) is 0 Å². The van der Waals surface area contributed by atoms with E-state index in [1.807, 2.05) is 13.8 Å². The van der Waals surface area contributed by atoms with E-state index in [4.69, 9.17) is 5.73 Å². The van der Waals surface area contributed by atoms with Gasteiger partial charge in [0.05, 0.1) is 4.90 Å². The maximum atomic E-state index is 12.5. The van der Waals surface area contributed by atoms with Crippen molar-refractivity contribution in [1.29, 1.82) is 0 Å². The third kappa shape index (κ3) is 4.26. The van der Waals surface area contributed by atoms with E-state index in [0.717, 1.165) is 0 Å². The summed E-state index contributed by atoms with van der Waals surface area (Å²) in [5.41, 5.74) is 5.76. The second-order valence-corrected chi connectivity index (χ2v) is 7.78. The Labute approximate surface area is 126 Å².